The fourth-order valence-corrected chi connectivity index (χ4v) is 2.82. The molecule has 1 aromatic heterocycles. The number of nitrogens with zero attached hydrogens (tertiary/aromatic N) is 2. The Kier molecular flexibility index (Phi) is 3.58. The minimum atomic E-state index is -0.227. The third kappa shape index (κ3) is 2.61. The van der Waals surface area contributed by atoms with Crippen LogP contribution in [0.5, 0.6) is 5.75 Å². The molecule has 0 spiro atoms. The van der Waals surface area contributed by atoms with Gasteiger partial charge in [-0.2, -0.15) is 5.10 Å². The van der Waals surface area contributed by atoms with Gasteiger partial charge in [0.05, 0.1) is 13.3 Å². The zero-order valence-electron chi connectivity index (χ0n) is 11.5. The van der Waals surface area contributed by atoms with Crippen LogP contribution in [0.4, 0.5) is 10.2 Å². The van der Waals surface area contributed by atoms with Crippen LogP contribution < -0.4 is 9.64 Å². The van der Waals surface area contributed by atoms with E-state index in [0.29, 0.717) is 11.7 Å². The fraction of sp³-hybridized carbons (Fsp3) is 0.400. The number of methoxy groups -OCH3 is 1. The molecule has 0 radical (unpaired) electrons. The number of aromatic nitrogens is 2. The molecule has 1 aliphatic heterocycles. The summed E-state index contributed by atoms with van der Waals surface area (Å²) in [5, 5.41) is 6.96. The Hall–Kier alpha value is -2.04. The highest BCUT2D eigenvalue weighted by atomic mass is 19.1. The van der Waals surface area contributed by atoms with Crippen molar-refractivity contribution < 1.29 is 9.13 Å². The lowest BCUT2D eigenvalue weighted by Crippen LogP contribution is -2.33. The summed E-state index contributed by atoms with van der Waals surface area (Å²) in [6, 6.07) is 6.97. The molecule has 1 saturated heterocycles. The molecule has 2 aromatic rings. The summed E-state index contributed by atoms with van der Waals surface area (Å²) in [6.07, 6.45) is 3.77. The normalized spacial score (nSPS) is 16.4. The van der Waals surface area contributed by atoms with Gasteiger partial charge in [-0.1, -0.05) is 0 Å². The minimum Gasteiger partial charge on any atom is -0.497 e. The molecule has 0 saturated carbocycles. The summed E-state index contributed by atoms with van der Waals surface area (Å²) in [7, 11) is 1.57. The first-order chi connectivity index (χ1) is 9.76. The molecule has 20 heavy (non-hydrogen) atoms. The van der Waals surface area contributed by atoms with Crippen LogP contribution in [0.25, 0.3) is 0 Å². The van der Waals surface area contributed by atoms with Crippen LogP contribution in [0.3, 0.4) is 0 Å². The van der Waals surface area contributed by atoms with Gasteiger partial charge in [0.25, 0.3) is 0 Å². The Morgan fingerprint density at radius 3 is 2.75 bits per heavy atom. The summed E-state index contributed by atoms with van der Waals surface area (Å²) in [5.41, 5.74) is 1.03. The molecular weight excluding hydrogens is 257 g/mol. The number of ether oxygens (including phenoxy) is 1. The second-order valence-corrected chi connectivity index (χ2v) is 5.13. The fourth-order valence-electron chi connectivity index (χ4n) is 2.82. The topological polar surface area (TPSA) is 41.1 Å². The molecule has 5 heteroatoms. The maximum absolute atomic E-state index is 13.6. The van der Waals surface area contributed by atoms with Gasteiger partial charge in [-0.3, -0.25) is 5.10 Å². The third-order valence-corrected chi connectivity index (χ3v) is 3.92. The van der Waals surface area contributed by atoms with E-state index in [9.17, 15) is 4.39 Å². The van der Waals surface area contributed by atoms with E-state index in [4.69, 9.17) is 4.74 Å². The first-order valence-corrected chi connectivity index (χ1v) is 6.85. The molecule has 1 aliphatic rings. The average Bonchev–Trinajstić information content (AvgIpc) is 3.01. The van der Waals surface area contributed by atoms with Gasteiger partial charge >= 0.3 is 0 Å². The highest BCUT2D eigenvalue weighted by Crippen LogP contribution is 2.32. The molecule has 3 rings (SSSR count). The van der Waals surface area contributed by atoms with E-state index in [0.717, 1.165) is 37.3 Å². The van der Waals surface area contributed by atoms with Crippen molar-refractivity contribution in [3.05, 3.63) is 41.8 Å². The predicted octanol–water partition coefficient (Wildman–Crippen LogP) is 2.94. The summed E-state index contributed by atoms with van der Waals surface area (Å²) in [4.78, 5) is 2.28. The molecule has 0 atom stereocenters. The Bertz CT molecular complexity index is 563. The van der Waals surface area contributed by atoms with Crippen LogP contribution in [0.2, 0.25) is 0 Å². The van der Waals surface area contributed by atoms with Gasteiger partial charge in [-0.15, -0.1) is 0 Å². The zero-order valence-corrected chi connectivity index (χ0v) is 11.5. The number of rotatable bonds is 3. The molecule has 0 bridgehead atoms. The molecular formula is C15H18FN3O. The van der Waals surface area contributed by atoms with E-state index in [1.165, 1.54) is 6.07 Å². The van der Waals surface area contributed by atoms with Crippen LogP contribution in [0, 0.1) is 5.82 Å². The Labute approximate surface area is 117 Å². The molecule has 1 fully saturated rings. The first-order valence-electron chi connectivity index (χ1n) is 6.85. The quantitative estimate of drug-likeness (QED) is 0.936. The summed E-state index contributed by atoms with van der Waals surface area (Å²) in [5.74, 6) is 1.81. The van der Waals surface area contributed by atoms with Gasteiger partial charge in [-0.05, 0) is 36.5 Å². The van der Waals surface area contributed by atoms with Crippen molar-refractivity contribution in [1.29, 1.82) is 0 Å². The number of hydrogen-bond acceptors (Lipinski definition) is 3. The largest absolute Gasteiger partial charge is 0.497 e. The van der Waals surface area contributed by atoms with Crippen molar-refractivity contribution in [1.82, 2.24) is 10.2 Å². The van der Waals surface area contributed by atoms with Gasteiger partial charge < -0.3 is 9.64 Å². The third-order valence-electron chi connectivity index (χ3n) is 3.92. The van der Waals surface area contributed by atoms with Crippen molar-refractivity contribution in [3.63, 3.8) is 0 Å². The standard InChI is InChI=1S/C15H18FN3O/c1-20-14-9-12(8-13(16)10-14)11-3-6-19(7-4-11)15-2-5-17-18-15/h2,5,8-11H,3-4,6-7H2,1H3,(H,17,18). The number of H-pyrrole nitrogens is 1. The van der Waals surface area contributed by atoms with Gasteiger partial charge in [0, 0.05) is 25.2 Å². The molecule has 0 aliphatic carbocycles. The van der Waals surface area contributed by atoms with Crippen LogP contribution in [-0.4, -0.2) is 30.4 Å². The number of anilines is 1. The molecule has 1 aromatic carbocycles. The van der Waals surface area contributed by atoms with Crippen molar-refractivity contribution in [3.8, 4) is 5.75 Å². The summed E-state index contributed by atoms with van der Waals surface area (Å²) >= 11 is 0. The van der Waals surface area contributed by atoms with Crippen molar-refractivity contribution in [2.45, 2.75) is 18.8 Å². The van der Waals surface area contributed by atoms with E-state index in [-0.39, 0.29) is 5.82 Å². The maximum Gasteiger partial charge on any atom is 0.127 e. The van der Waals surface area contributed by atoms with Gasteiger partial charge in [0.15, 0.2) is 0 Å². The van der Waals surface area contributed by atoms with Crippen LogP contribution in [0.1, 0.15) is 24.3 Å². The monoisotopic (exact) mass is 275 g/mol. The summed E-state index contributed by atoms with van der Waals surface area (Å²) in [6.45, 7) is 1.90. The molecule has 0 amide bonds. The number of aromatic amines is 1. The van der Waals surface area contributed by atoms with E-state index >= 15 is 0 Å². The van der Waals surface area contributed by atoms with E-state index in [2.05, 4.69) is 15.1 Å². The minimum absolute atomic E-state index is 0.227. The van der Waals surface area contributed by atoms with Gasteiger partial charge in [0.1, 0.15) is 17.4 Å². The van der Waals surface area contributed by atoms with Crippen LogP contribution in [0.15, 0.2) is 30.5 Å². The number of hydrogen-bond donors (Lipinski definition) is 1. The Balaban J connectivity index is 1.70. The SMILES string of the molecule is COc1cc(F)cc(C2CCN(c3ccn[nH]3)CC2)c1. The first kappa shape index (κ1) is 13.0. The lowest BCUT2D eigenvalue weighted by Gasteiger charge is -2.32. The second-order valence-electron chi connectivity index (χ2n) is 5.13. The summed E-state index contributed by atoms with van der Waals surface area (Å²) < 4.78 is 18.7. The van der Waals surface area contributed by atoms with E-state index in [1.54, 1.807) is 19.4 Å². The van der Waals surface area contributed by atoms with Gasteiger partial charge in [-0.25, -0.2) is 4.39 Å². The Morgan fingerprint density at radius 1 is 1.30 bits per heavy atom. The van der Waals surface area contributed by atoms with Gasteiger partial charge in [0.2, 0.25) is 0 Å². The predicted molar refractivity (Wildman–Crippen MR) is 75.7 cm³/mol. The highest BCUT2D eigenvalue weighted by Gasteiger charge is 2.22. The van der Waals surface area contributed by atoms with Crippen molar-refractivity contribution >= 4 is 5.82 Å². The molecule has 0 unspecified atom stereocenters. The maximum atomic E-state index is 13.6. The number of piperidine rings is 1. The molecule has 4 nitrogen and oxygen atoms in total. The number of nitrogens with one attached hydrogen (secondary N) is 1. The van der Waals surface area contributed by atoms with Crippen molar-refractivity contribution in [2.24, 2.45) is 0 Å². The highest BCUT2D eigenvalue weighted by molar-refractivity contribution is 5.38. The van der Waals surface area contributed by atoms with E-state index in [1.807, 2.05) is 12.1 Å². The molecule has 106 valence electrons. The second kappa shape index (κ2) is 5.53. The number of halogens is 1. The molecule has 1 N–H and O–H groups in total. The molecule has 2 heterocycles. The van der Waals surface area contributed by atoms with E-state index < -0.39 is 0 Å². The average molecular weight is 275 g/mol. The van der Waals surface area contributed by atoms with Crippen molar-refractivity contribution in [2.75, 3.05) is 25.1 Å². The lowest BCUT2D eigenvalue weighted by molar-refractivity contribution is 0.408. The lowest BCUT2D eigenvalue weighted by atomic mass is 9.89. The number of benzene rings is 1. The van der Waals surface area contributed by atoms with Crippen LogP contribution >= 0.6 is 0 Å². The zero-order chi connectivity index (χ0) is 13.9. The smallest absolute Gasteiger partial charge is 0.127 e. The van der Waals surface area contributed by atoms with Crippen LogP contribution in [-0.2, 0) is 0 Å². The Morgan fingerprint density at radius 2 is 2.10 bits per heavy atom.